The van der Waals surface area contributed by atoms with Crippen molar-refractivity contribution in [2.24, 2.45) is 11.1 Å². The molecule has 1 amide bonds. The van der Waals surface area contributed by atoms with Gasteiger partial charge in [-0.1, -0.05) is 24.3 Å². The molecule has 108 valence electrons. The third-order valence-electron chi connectivity index (χ3n) is 2.88. The Bertz CT molecular complexity index is 408. The smallest absolute Gasteiger partial charge is 0.227 e. The van der Waals surface area contributed by atoms with Crippen LogP contribution >= 0.6 is 12.4 Å². The zero-order chi connectivity index (χ0) is 13.6. The number of nitrogens with two attached hydrogens (primary N) is 1. The van der Waals surface area contributed by atoms with Crippen LogP contribution in [0.25, 0.3) is 0 Å². The number of carbonyl (C=O) groups is 1. The molecule has 0 fully saturated rings. The highest BCUT2D eigenvalue weighted by Gasteiger charge is 2.25. The SMILES string of the molecule is COCc1cccc(CNC(=O)C(C)(C)CN)c1.Cl. The summed E-state index contributed by atoms with van der Waals surface area (Å²) in [5.41, 5.74) is 7.20. The zero-order valence-corrected chi connectivity index (χ0v) is 12.5. The first kappa shape index (κ1) is 17.9. The van der Waals surface area contributed by atoms with Crippen molar-refractivity contribution in [3.63, 3.8) is 0 Å². The average Bonchev–Trinajstić information content (AvgIpc) is 2.36. The van der Waals surface area contributed by atoms with E-state index in [4.69, 9.17) is 10.5 Å². The van der Waals surface area contributed by atoms with E-state index in [1.165, 1.54) is 0 Å². The lowest BCUT2D eigenvalue weighted by Gasteiger charge is -2.21. The number of carbonyl (C=O) groups excluding carboxylic acids is 1. The lowest BCUT2D eigenvalue weighted by atomic mass is 9.92. The minimum atomic E-state index is -0.524. The van der Waals surface area contributed by atoms with Crippen molar-refractivity contribution in [1.29, 1.82) is 0 Å². The summed E-state index contributed by atoms with van der Waals surface area (Å²) in [5.74, 6) is -0.0258. The van der Waals surface area contributed by atoms with Crippen LogP contribution in [-0.2, 0) is 22.7 Å². The van der Waals surface area contributed by atoms with Crippen molar-refractivity contribution in [1.82, 2.24) is 5.32 Å². The summed E-state index contributed by atoms with van der Waals surface area (Å²) in [7, 11) is 1.66. The number of rotatable bonds is 6. The summed E-state index contributed by atoms with van der Waals surface area (Å²) in [4.78, 5) is 11.9. The van der Waals surface area contributed by atoms with Crippen LogP contribution in [0.4, 0.5) is 0 Å². The molecule has 0 aliphatic heterocycles. The van der Waals surface area contributed by atoms with Gasteiger partial charge < -0.3 is 15.8 Å². The minimum absolute atomic E-state index is 0. The van der Waals surface area contributed by atoms with Crippen molar-refractivity contribution >= 4 is 18.3 Å². The lowest BCUT2D eigenvalue weighted by Crippen LogP contribution is -2.41. The number of methoxy groups -OCH3 is 1. The van der Waals surface area contributed by atoms with E-state index < -0.39 is 5.41 Å². The molecule has 0 aliphatic carbocycles. The van der Waals surface area contributed by atoms with Gasteiger partial charge in [0.05, 0.1) is 12.0 Å². The van der Waals surface area contributed by atoms with Crippen LogP contribution < -0.4 is 11.1 Å². The first-order chi connectivity index (χ1) is 8.49. The summed E-state index contributed by atoms with van der Waals surface area (Å²) in [5, 5.41) is 2.90. The minimum Gasteiger partial charge on any atom is -0.380 e. The number of hydrogen-bond donors (Lipinski definition) is 2. The summed E-state index contributed by atoms with van der Waals surface area (Å²) in [6, 6.07) is 7.97. The zero-order valence-electron chi connectivity index (χ0n) is 11.7. The fourth-order valence-corrected chi connectivity index (χ4v) is 1.51. The standard InChI is InChI=1S/C14H22N2O2.ClH/c1-14(2,10-15)13(17)16-8-11-5-4-6-12(7-11)9-18-3;/h4-7H,8-10,15H2,1-3H3,(H,16,17);1H. The van der Waals surface area contributed by atoms with E-state index >= 15 is 0 Å². The monoisotopic (exact) mass is 286 g/mol. The van der Waals surface area contributed by atoms with Crippen molar-refractivity contribution in [3.8, 4) is 0 Å². The molecule has 4 nitrogen and oxygen atoms in total. The first-order valence-electron chi connectivity index (χ1n) is 6.04. The molecule has 0 aliphatic rings. The average molecular weight is 287 g/mol. The molecule has 0 aromatic heterocycles. The van der Waals surface area contributed by atoms with E-state index in [0.717, 1.165) is 11.1 Å². The Labute approximate surface area is 121 Å². The van der Waals surface area contributed by atoms with Crippen LogP contribution in [0.5, 0.6) is 0 Å². The fourth-order valence-electron chi connectivity index (χ4n) is 1.51. The number of ether oxygens (including phenoxy) is 1. The Morgan fingerprint density at radius 1 is 1.37 bits per heavy atom. The van der Waals surface area contributed by atoms with Gasteiger partial charge in [0.2, 0.25) is 5.91 Å². The second-order valence-corrected chi connectivity index (χ2v) is 5.02. The Hall–Kier alpha value is -1.10. The summed E-state index contributed by atoms with van der Waals surface area (Å²) < 4.78 is 5.08. The summed E-state index contributed by atoms with van der Waals surface area (Å²) in [6.45, 7) is 5.10. The molecule has 1 aromatic rings. The van der Waals surface area contributed by atoms with Gasteiger partial charge in [0.15, 0.2) is 0 Å². The van der Waals surface area contributed by atoms with Crippen LogP contribution in [0, 0.1) is 5.41 Å². The molecule has 1 aromatic carbocycles. The number of benzene rings is 1. The Kier molecular flexibility index (Phi) is 7.68. The van der Waals surface area contributed by atoms with E-state index in [2.05, 4.69) is 5.32 Å². The Balaban J connectivity index is 0.00000324. The van der Waals surface area contributed by atoms with Crippen LogP contribution in [-0.4, -0.2) is 19.6 Å². The number of hydrogen-bond acceptors (Lipinski definition) is 3. The lowest BCUT2D eigenvalue weighted by molar-refractivity contribution is -0.129. The van der Waals surface area contributed by atoms with Crippen LogP contribution in [0.2, 0.25) is 0 Å². The number of halogens is 1. The van der Waals surface area contributed by atoms with Gasteiger partial charge in [-0.2, -0.15) is 0 Å². The predicted octanol–water partition coefficient (Wildman–Crippen LogP) is 1.86. The van der Waals surface area contributed by atoms with Gasteiger partial charge in [0.25, 0.3) is 0 Å². The highest BCUT2D eigenvalue weighted by Crippen LogP contribution is 2.13. The molecule has 0 heterocycles. The van der Waals surface area contributed by atoms with Gasteiger partial charge in [-0.05, 0) is 25.0 Å². The van der Waals surface area contributed by atoms with E-state index in [1.807, 2.05) is 38.1 Å². The molecule has 0 atom stereocenters. The summed E-state index contributed by atoms with van der Waals surface area (Å²) in [6.07, 6.45) is 0. The maximum Gasteiger partial charge on any atom is 0.227 e. The molecule has 0 unspecified atom stereocenters. The highest BCUT2D eigenvalue weighted by molar-refractivity contribution is 5.85. The fraction of sp³-hybridized carbons (Fsp3) is 0.500. The van der Waals surface area contributed by atoms with Crippen LogP contribution in [0.3, 0.4) is 0 Å². The topological polar surface area (TPSA) is 64.3 Å². The molecule has 0 radical (unpaired) electrons. The van der Waals surface area contributed by atoms with Gasteiger partial charge in [-0.25, -0.2) is 0 Å². The molecule has 0 bridgehead atoms. The third-order valence-corrected chi connectivity index (χ3v) is 2.88. The number of amides is 1. The normalized spacial score (nSPS) is 10.7. The van der Waals surface area contributed by atoms with Gasteiger partial charge in [0.1, 0.15) is 0 Å². The number of nitrogens with one attached hydrogen (secondary N) is 1. The van der Waals surface area contributed by atoms with E-state index in [9.17, 15) is 4.79 Å². The van der Waals surface area contributed by atoms with Gasteiger partial charge >= 0.3 is 0 Å². The van der Waals surface area contributed by atoms with Gasteiger partial charge in [-0.3, -0.25) is 4.79 Å². The van der Waals surface area contributed by atoms with Crippen molar-refractivity contribution in [2.45, 2.75) is 27.0 Å². The van der Waals surface area contributed by atoms with E-state index in [0.29, 0.717) is 19.7 Å². The second kappa shape index (κ2) is 8.15. The van der Waals surface area contributed by atoms with Crippen molar-refractivity contribution < 1.29 is 9.53 Å². The quantitative estimate of drug-likeness (QED) is 0.839. The maximum atomic E-state index is 11.9. The highest BCUT2D eigenvalue weighted by atomic mass is 35.5. The molecule has 1 rings (SSSR count). The van der Waals surface area contributed by atoms with E-state index in [-0.39, 0.29) is 18.3 Å². The van der Waals surface area contributed by atoms with Gasteiger partial charge in [-0.15, -0.1) is 12.4 Å². The maximum absolute atomic E-state index is 11.9. The molecule has 0 spiro atoms. The molecular weight excluding hydrogens is 264 g/mol. The third kappa shape index (κ3) is 5.59. The molecular formula is C14H23ClN2O2. The molecule has 19 heavy (non-hydrogen) atoms. The first-order valence-corrected chi connectivity index (χ1v) is 6.04. The largest absolute Gasteiger partial charge is 0.380 e. The molecule has 0 saturated heterocycles. The van der Waals surface area contributed by atoms with Crippen LogP contribution in [0.1, 0.15) is 25.0 Å². The Morgan fingerprint density at radius 2 is 2.00 bits per heavy atom. The van der Waals surface area contributed by atoms with Crippen molar-refractivity contribution in [3.05, 3.63) is 35.4 Å². The molecule has 0 saturated carbocycles. The predicted molar refractivity (Wildman–Crippen MR) is 79.1 cm³/mol. The van der Waals surface area contributed by atoms with Crippen LogP contribution in [0.15, 0.2) is 24.3 Å². The Morgan fingerprint density at radius 3 is 2.58 bits per heavy atom. The summed E-state index contributed by atoms with van der Waals surface area (Å²) >= 11 is 0. The molecule has 3 N–H and O–H groups in total. The second-order valence-electron chi connectivity index (χ2n) is 5.02. The molecule has 5 heteroatoms. The van der Waals surface area contributed by atoms with E-state index in [1.54, 1.807) is 7.11 Å². The van der Waals surface area contributed by atoms with Crippen molar-refractivity contribution in [2.75, 3.05) is 13.7 Å². The van der Waals surface area contributed by atoms with Gasteiger partial charge in [0, 0.05) is 20.2 Å².